The molecule has 7 nitrogen and oxygen atoms in total. The molecule has 2 heterocycles. The van der Waals surface area contributed by atoms with Crippen molar-refractivity contribution in [2.24, 2.45) is 0 Å². The summed E-state index contributed by atoms with van der Waals surface area (Å²) in [4.78, 5) is 12.4. The van der Waals surface area contributed by atoms with Crippen LogP contribution < -0.4 is 5.32 Å². The Hall–Kier alpha value is -1.55. The fourth-order valence-corrected chi connectivity index (χ4v) is 5.38. The first-order chi connectivity index (χ1) is 12.4. The van der Waals surface area contributed by atoms with Gasteiger partial charge in [-0.1, -0.05) is 35.8 Å². The van der Waals surface area contributed by atoms with Crippen LogP contribution in [0.3, 0.4) is 0 Å². The highest BCUT2D eigenvalue weighted by atomic mass is 35.5. The first-order valence-corrected chi connectivity index (χ1v) is 10.9. The summed E-state index contributed by atoms with van der Waals surface area (Å²) in [7, 11) is -3.74. The van der Waals surface area contributed by atoms with Crippen LogP contribution in [0, 0.1) is 6.92 Å². The van der Waals surface area contributed by atoms with Gasteiger partial charge in [0.25, 0.3) is 5.91 Å². The Morgan fingerprint density at radius 1 is 1.19 bits per heavy atom. The number of amides is 1. The van der Waals surface area contributed by atoms with Crippen molar-refractivity contribution < 1.29 is 13.2 Å². The third-order valence-corrected chi connectivity index (χ3v) is 7.26. The van der Waals surface area contributed by atoms with Crippen molar-refractivity contribution in [3.05, 3.63) is 33.8 Å². The standard InChI is InChI=1S/C16H19ClN4O3S2/c1-11-19-20-16(25-11)18-15(22)12-6-7-13(17)14(10-12)26(23,24)21-8-4-2-3-5-9-21/h6-7,10H,2-5,8-9H2,1H3,(H,18,20,22). The average molecular weight is 415 g/mol. The number of carbonyl (C=O) groups is 1. The van der Waals surface area contributed by atoms with E-state index < -0.39 is 15.9 Å². The summed E-state index contributed by atoms with van der Waals surface area (Å²) in [6.45, 7) is 2.72. The minimum atomic E-state index is -3.74. The van der Waals surface area contributed by atoms with Gasteiger partial charge in [-0.25, -0.2) is 8.42 Å². The van der Waals surface area contributed by atoms with Gasteiger partial charge in [0.05, 0.1) is 5.02 Å². The maximum Gasteiger partial charge on any atom is 0.257 e. The Morgan fingerprint density at radius 2 is 1.88 bits per heavy atom. The fourth-order valence-electron chi connectivity index (χ4n) is 2.78. The van der Waals surface area contributed by atoms with Crippen LogP contribution in [0.1, 0.15) is 41.0 Å². The van der Waals surface area contributed by atoms with E-state index in [1.54, 1.807) is 6.92 Å². The second-order valence-electron chi connectivity index (χ2n) is 6.04. The largest absolute Gasteiger partial charge is 0.296 e. The molecule has 1 aromatic carbocycles. The molecular formula is C16H19ClN4O3S2. The van der Waals surface area contributed by atoms with Crippen LogP contribution in [0.5, 0.6) is 0 Å². The molecule has 1 aliphatic heterocycles. The van der Waals surface area contributed by atoms with Crippen LogP contribution in [0.15, 0.2) is 23.1 Å². The minimum Gasteiger partial charge on any atom is -0.296 e. The summed E-state index contributed by atoms with van der Waals surface area (Å²) in [5, 5.41) is 11.5. The summed E-state index contributed by atoms with van der Waals surface area (Å²) in [5.74, 6) is -0.454. The number of anilines is 1. The number of rotatable bonds is 4. The fraction of sp³-hybridized carbons (Fsp3) is 0.438. The normalized spacial score (nSPS) is 16.2. The second-order valence-corrected chi connectivity index (χ2v) is 9.54. The Bertz CT molecular complexity index is 906. The van der Waals surface area contributed by atoms with Crippen molar-refractivity contribution in [2.75, 3.05) is 18.4 Å². The van der Waals surface area contributed by atoms with E-state index in [0.717, 1.165) is 30.7 Å². The van der Waals surface area contributed by atoms with Gasteiger partial charge in [0.2, 0.25) is 15.2 Å². The highest BCUT2D eigenvalue weighted by Gasteiger charge is 2.28. The molecule has 140 valence electrons. The molecule has 0 radical (unpaired) electrons. The first kappa shape index (κ1) is 19.2. The summed E-state index contributed by atoms with van der Waals surface area (Å²) < 4.78 is 27.4. The molecule has 1 aliphatic rings. The molecule has 0 spiro atoms. The predicted molar refractivity (Wildman–Crippen MR) is 101 cm³/mol. The Kier molecular flexibility index (Phi) is 5.91. The van der Waals surface area contributed by atoms with E-state index in [1.165, 1.54) is 33.8 Å². The van der Waals surface area contributed by atoms with Crippen LogP contribution in [0.2, 0.25) is 5.02 Å². The molecule has 1 N–H and O–H groups in total. The molecule has 0 saturated carbocycles. The Balaban J connectivity index is 1.88. The van der Waals surface area contributed by atoms with Gasteiger partial charge in [0, 0.05) is 18.7 Å². The van der Waals surface area contributed by atoms with Crippen molar-refractivity contribution in [3.63, 3.8) is 0 Å². The number of halogens is 1. The molecule has 0 unspecified atom stereocenters. The second kappa shape index (κ2) is 7.99. The van der Waals surface area contributed by atoms with E-state index in [-0.39, 0.29) is 15.5 Å². The third-order valence-electron chi connectivity index (χ3n) is 4.12. The number of aryl methyl sites for hydroxylation is 1. The van der Waals surface area contributed by atoms with Gasteiger partial charge in [-0.2, -0.15) is 4.31 Å². The van der Waals surface area contributed by atoms with Crippen molar-refractivity contribution in [3.8, 4) is 0 Å². The third kappa shape index (κ3) is 4.22. The smallest absolute Gasteiger partial charge is 0.257 e. The number of carbonyl (C=O) groups excluding carboxylic acids is 1. The van der Waals surface area contributed by atoms with Crippen LogP contribution >= 0.6 is 22.9 Å². The SMILES string of the molecule is Cc1nnc(NC(=O)c2ccc(Cl)c(S(=O)(=O)N3CCCCCC3)c2)s1. The molecule has 0 atom stereocenters. The summed E-state index contributed by atoms with van der Waals surface area (Å²) >= 11 is 7.39. The van der Waals surface area contributed by atoms with Crippen LogP contribution in [-0.4, -0.2) is 41.9 Å². The molecule has 2 aromatic rings. The molecular weight excluding hydrogens is 396 g/mol. The van der Waals surface area contributed by atoms with Gasteiger partial charge >= 0.3 is 0 Å². The van der Waals surface area contributed by atoms with Crippen molar-refractivity contribution in [1.82, 2.24) is 14.5 Å². The Labute approximate surface area is 161 Å². The van der Waals surface area contributed by atoms with Gasteiger partial charge < -0.3 is 0 Å². The average Bonchev–Trinajstić information content (AvgIpc) is 2.85. The van der Waals surface area contributed by atoms with Crippen LogP contribution in [0.25, 0.3) is 0 Å². The van der Waals surface area contributed by atoms with E-state index >= 15 is 0 Å². The van der Waals surface area contributed by atoms with Crippen molar-refractivity contribution >= 4 is 44.0 Å². The maximum absolute atomic E-state index is 13.0. The summed E-state index contributed by atoms with van der Waals surface area (Å²) in [5.41, 5.74) is 0.204. The molecule has 3 rings (SSSR count). The number of benzene rings is 1. The zero-order valence-corrected chi connectivity index (χ0v) is 16.6. The lowest BCUT2D eigenvalue weighted by Gasteiger charge is -2.21. The predicted octanol–water partition coefficient (Wildman–Crippen LogP) is 3.32. The van der Waals surface area contributed by atoms with Gasteiger partial charge in [0.1, 0.15) is 9.90 Å². The van der Waals surface area contributed by atoms with Crippen LogP contribution in [-0.2, 0) is 10.0 Å². The Morgan fingerprint density at radius 3 is 2.50 bits per heavy atom. The zero-order valence-electron chi connectivity index (χ0n) is 14.2. The number of hydrogen-bond donors (Lipinski definition) is 1. The lowest BCUT2D eigenvalue weighted by atomic mass is 10.2. The number of nitrogens with one attached hydrogen (secondary N) is 1. The maximum atomic E-state index is 13.0. The number of nitrogens with zero attached hydrogens (tertiary/aromatic N) is 3. The monoisotopic (exact) mass is 414 g/mol. The quantitative estimate of drug-likeness (QED) is 0.828. The molecule has 0 aliphatic carbocycles. The molecule has 1 fully saturated rings. The highest BCUT2D eigenvalue weighted by Crippen LogP contribution is 2.28. The van der Waals surface area contributed by atoms with Crippen LogP contribution in [0.4, 0.5) is 5.13 Å². The first-order valence-electron chi connectivity index (χ1n) is 8.29. The van der Waals surface area contributed by atoms with E-state index in [4.69, 9.17) is 11.6 Å². The van der Waals surface area contributed by atoms with E-state index in [9.17, 15) is 13.2 Å². The number of aromatic nitrogens is 2. The molecule has 0 bridgehead atoms. The molecule has 10 heteroatoms. The molecule has 1 aromatic heterocycles. The number of hydrogen-bond acceptors (Lipinski definition) is 6. The van der Waals surface area contributed by atoms with Crippen molar-refractivity contribution in [2.45, 2.75) is 37.5 Å². The summed E-state index contributed by atoms with van der Waals surface area (Å²) in [6.07, 6.45) is 3.69. The topological polar surface area (TPSA) is 92.3 Å². The molecule has 1 saturated heterocycles. The van der Waals surface area contributed by atoms with Gasteiger partial charge in [-0.3, -0.25) is 10.1 Å². The lowest BCUT2D eigenvalue weighted by Crippen LogP contribution is -2.32. The van der Waals surface area contributed by atoms with Gasteiger partial charge in [0.15, 0.2) is 0 Å². The van der Waals surface area contributed by atoms with E-state index in [2.05, 4.69) is 15.5 Å². The lowest BCUT2D eigenvalue weighted by molar-refractivity contribution is 0.102. The zero-order chi connectivity index (χ0) is 18.7. The van der Waals surface area contributed by atoms with Crippen molar-refractivity contribution in [1.29, 1.82) is 0 Å². The van der Waals surface area contributed by atoms with Gasteiger partial charge in [-0.15, -0.1) is 10.2 Å². The minimum absolute atomic E-state index is 0.0397. The molecule has 26 heavy (non-hydrogen) atoms. The number of sulfonamides is 1. The van der Waals surface area contributed by atoms with E-state index in [0.29, 0.717) is 18.2 Å². The van der Waals surface area contributed by atoms with Gasteiger partial charge in [-0.05, 0) is 38.0 Å². The molecule has 1 amide bonds. The summed E-state index contributed by atoms with van der Waals surface area (Å²) in [6, 6.07) is 4.26. The van der Waals surface area contributed by atoms with E-state index in [1.807, 2.05) is 0 Å². The highest BCUT2D eigenvalue weighted by molar-refractivity contribution is 7.89.